The lowest BCUT2D eigenvalue weighted by atomic mass is 10.0. The maximum absolute atomic E-state index is 12.8. The summed E-state index contributed by atoms with van der Waals surface area (Å²) in [4.78, 5) is 29.6. The number of nitrogens with one attached hydrogen (secondary N) is 2. The zero-order chi connectivity index (χ0) is 29.5. The topological polar surface area (TPSA) is 98.1 Å². The zero-order valence-electron chi connectivity index (χ0n) is 22.9. The van der Waals surface area contributed by atoms with E-state index in [9.17, 15) is 9.59 Å². The number of halogens is 2. The monoisotopic (exact) mass is 601 g/mol. The van der Waals surface area contributed by atoms with Crippen molar-refractivity contribution in [2.45, 2.75) is 25.3 Å². The van der Waals surface area contributed by atoms with E-state index in [4.69, 9.17) is 27.9 Å². The van der Waals surface area contributed by atoms with Crippen LogP contribution in [0.1, 0.15) is 18.4 Å². The number of aromatic nitrogens is 3. The molecule has 1 atom stereocenters. The molecule has 42 heavy (non-hydrogen) atoms. The van der Waals surface area contributed by atoms with Crippen LogP contribution in [0, 0.1) is 0 Å². The third-order valence-corrected chi connectivity index (χ3v) is 7.47. The highest BCUT2D eigenvalue weighted by atomic mass is 35.5. The van der Waals surface area contributed by atoms with Gasteiger partial charge in [0.2, 0.25) is 17.7 Å². The number of likely N-dealkylation sites (N-methyl/N-ethyl adjacent to an activating group) is 1. The Balaban J connectivity index is 1.22. The maximum Gasteiger partial charge on any atom is 0.242 e. The Kier molecular flexibility index (Phi) is 9.36. The number of carbonyl (C=O) groups excluding carboxylic acids is 2. The molecular weight excluding hydrogens is 573 g/mol. The lowest BCUT2D eigenvalue weighted by molar-refractivity contribution is -0.128. The SMILES string of the molecule is CNC(=O)[C@H](Cc1ccc2ccccc2c1)NC(=O)CCCOc1cc(-c2cccnc2)nn1-c1ccc(Cl)c(Cl)c1. The van der Waals surface area contributed by atoms with Crippen LogP contribution in [-0.2, 0) is 16.0 Å². The van der Waals surface area contributed by atoms with Gasteiger partial charge in [0.05, 0.1) is 28.0 Å². The molecule has 3 aromatic carbocycles. The molecule has 0 unspecified atom stereocenters. The minimum absolute atomic E-state index is 0.182. The molecule has 214 valence electrons. The summed E-state index contributed by atoms with van der Waals surface area (Å²) in [7, 11) is 1.56. The first kappa shape index (κ1) is 29.1. The van der Waals surface area contributed by atoms with E-state index in [2.05, 4.69) is 20.7 Å². The molecule has 10 heteroatoms. The summed E-state index contributed by atoms with van der Waals surface area (Å²) in [5, 5.41) is 13.3. The summed E-state index contributed by atoms with van der Waals surface area (Å²) in [6.45, 7) is 0.252. The zero-order valence-corrected chi connectivity index (χ0v) is 24.4. The summed E-state index contributed by atoms with van der Waals surface area (Å²) in [5.74, 6) is -0.00422. The van der Waals surface area contributed by atoms with E-state index in [0.29, 0.717) is 40.1 Å². The van der Waals surface area contributed by atoms with Crippen molar-refractivity contribution < 1.29 is 14.3 Å². The fourth-order valence-corrected chi connectivity index (χ4v) is 4.88. The fraction of sp³-hybridized carbons (Fsp3) is 0.188. The summed E-state index contributed by atoms with van der Waals surface area (Å²) < 4.78 is 7.70. The summed E-state index contributed by atoms with van der Waals surface area (Å²) in [6.07, 6.45) is 4.40. The van der Waals surface area contributed by atoms with Crippen molar-refractivity contribution in [2.24, 2.45) is 0 Å². The van der Waals surface area contributed by atoms with Crippen LogP contribution in [-0.4, -0.2) is 46.3 Å². The van der Waals surface area contributed by atoms with E-state index in [1.54, 1.807) is 42.3 Å². The van der Waals surface area contributed by atoms with Crippen molar-refractivity contribution in [2.75, 3.05) is 13.7 Å². The maximum atomic E-state index is 12.8. The molecule has 5 aromatic rings. The largest absolute Gasteiger partial charge is 0.478 e. The van der Waals surface area contributed by atoms with E-state index in [1.807, 2.05) is 60.7 Å². The number of ether oxygens (including phenoxy) is 1. The normalized spacial score (nSPS) is 11.7. The fourth-order valence-electron chi connectivity index (χ4n) is 4.58. The lowest BCUT2D eigenvalue weighted by Gasteiger charge is -2.18. The molecule has 0 aliphatic rings. The minimum atomic E-state index is -0.692. The average molecular weight is 603 g/mol. The van der Waals surface area contributed by atoms with Crippen molar-refractivity contribution >= 4 is 45.8 Å². The molecule has 0 spiro atoms. The molecule has 2 N–H and O–H groups in total. The molecule has 0 saturated carbocycles. The van der Waals surface area contributed by atoms with Crippen LogP contribution in [0.25, 0.3) is 27.7 Å². The molecule has 0 aliphatic carbocycles. The molecular formula is C32H29Cl2N5O3. The number of amides is 2. The van der Waals surface area contributed by atoms with Crippen molar-refractivity contribution in [1.29, 1.82) is 0 Å². The van der Waals surface area contributed by atoms with Crippen LogP contribution in [0.4, 0.5) is 0 Å². The van der Waals surface area contributed by atoms with Gasteiger partial charge in [-0.15, -0.1) is 0 Å². The Morgan fingerprint density at radius 3 is 2.55 bits per heavy atom. The first-order valence-corrected chi connectivity index (χ1v) is 14.2. The van der Waals surface area contributed by atoms with Crippen molar-refractivity contribution in [1.82, 2.24) is 25.4 Å². The van der Waals surface area contributed by atoms with Crippen LogP contribution < -0.4 is 15.4 Å². The van der Waals surface area contributed by atoms with E-state index >= 15 is 0 Å². The van der Waals surface area contributed by atoms with Crippen LogP contribution in [0.5, 0.6) is 5.88 Å². The van der Waals surface area contributed by atoms with Crippen LogP contribution in [0.15, 0.2) is 91.3 Å². The number of benzene rings is 3. The van der Waals surface area contributed by atoms with Crippen molar-refractivity contribution in [3.63, 3.8) is 0 Å². The number of carbonyl (C=O) groups is 2. The van der Waals surface area contributed by atoms with Gasteiger partial charge < -0.3 is 15.4 Å². The summed E-state index contributed by atoms with van der Waals surface area (Å²) in [5.41, 5.74) is 3.14. The Morgan fingerprint density at radius 2 is 1.79 bits per heavy atom. The van der Waals surface area contributed by atoms with Gasteiger partial charge in [0.1, 0.15) is 6.04 Å². The van der Waals surface area contributed by atoms with Gasteiger partial charge in [0.25, 0.3) is 0 Å². The van der Waals surface area contributed by atoms with E-state index in [0.717, 1.165) is 21.9 Å². The Morgan fingerprint density at radius 1 is 0.952 bits per heavy atom. The van der Waals surface area contributed by atoms with Crippen molar-refractivity contribution in [3.05, 3.63) is 107 Å². The van der Waals surface area contributed by atoms with Gasteiger partial charge in [-0.25, -0.2) is 4.68 Å². The molecule has 0 fully saturated rings. The van der Waals surface area contributed by atoms with E-state index < -0.39 is 6.04 Å². The van der Waals surface area contributed by atoms with Gasteiger partial charge >= 0.3 is 0 Å². The number of pyridine rings is 1. The van der Waals surface area contributed by atoms with E-state index in [1.165, 1.54) is 0 Å². The highest BCUT2D eigenvalue weighted by Gasteiger charge is 2.20. The highest BCUT2D eigenvalue weighted by Crippen LogP contribution is 2.30. The van der Waals surface area contributed by atoms with Gasteiger partial charge in [0, 0.05) is 43.9 Å². The number of fused-ring (bicyclic) bond motifs is 1. The number of hydrogen-bond donors (Lipinski definition) is 2. The predicted octanol–water partition coefficient (Wildman–Crippen LogP) is 6.03. The summed E-state index contributed by atoms with van der Waals surface area (Å²) >= 11 is 12.4. The van der Waals surface area contributed by atoms with Gasteiger partial charge in [-0.05, 0) is 53.1 Å². The molecule has 2 amide bonds. The molecule has 0 aliphatic heterocycles. The van der Waals surface area contributed by atoms with Crippen molar-refractivity contribution in [3.8, 4) is 22.8 Å². The minimum Gasteiger partial charge on any atom is -0.478 e. The first-order chi connectivity index (χ1) is 20.4. The van der Waals surface area contributed by atoms with Gasteiger partial charge in [0.15, 0.2) is 0 Å². The Labute approximate surface area is 253 Å². The predicted molar refractivity (Wildman–Crippen MR) is 165 cm³/mol. The quantitative estimate of drug-likeness (QED) is 0.180. The molecule has 8 nitrogen and oxygen atoms in total. The molecule has 2 aromatic heterocycles. The Hall–Kier alpha value is -4.40. The summed E-state index contributed by atoms with van der Waals surface area (Å²) in [6, 6.07) is 24.1. The molecule has 0 saturated heterocycles. The third-order valence-electron chi connectivity index (χ3n) is 6.73. The van der Waals surface area contributed by atoms with Gasteiger partial charge in [-0.2, -0.15) is 5.10 Å². The van der Waals surface area contributed by atoms with Gasteiger partial charge in [-0.3, -0.25) is 14.6 Å². The molecule has 0 bridgehead atoms. The number of nitrogens with zero attached hydrogens (tertiary/aromatic N) is 3. The second-order valence-electron chi connectivity index (χ2n) is 9.69. The van der Waals surface area contributed by atoms with Crippen LogP contribution in [0.2, 0.25) is 10.0 Å². The smallest absolute Gasteiger partial charge is 0.242 e. The molecule has 5 rings (SSSR count). The standard InChI is InChI=1S/C32H29Cl2N5O3/c1-35-32(41)29(17-21-10-11-22-6-2-3-7-23(22)16-21)37-30(40)9-5-15-42-31-19-28(24-8-4-14-36-20-24)38-39(31)25-12-13-26(33)27(34)18-25/h2-4,6-8,10-14,16,18-20,29H,5,9,15,17H2,1H3,(H,35,41)(H,37,40)/t29-/m0/s1. The second kappa shape index (κ2) is 13.5. The van der Waals surface area contributed by atoms with Crippen LogP contribution >= 0.6 is 23.2 Å². The number of rotatable bonds is 11. The number of hydrogen-bond acceptors (Lipinski definition) is 5. The second-order valence-corrected chi connectivity index (χ2v) is 10.5. The highest BCUT2D eigenvalue weighted by molar-refractivity contribution is 6.42. The van der Waals surface area contributed by atoms with Crippen LogP contribution in [0.3, 0.4) is 0 Å². The Bertz CT molecular complexity index is 1710. The van der Waals surface area contributed by atoms with E-state index in [-0.39, 0.29) is 24.8 Å². The lowest BCUT2D eigenvalue weighted by Crippen LogP contribution is -2.47. The van der Waals surface area contributed by atoms with Gasteiger partial charge in [-0.1, -0.05) is 65.7 Å². The average Bonchev–Trinajstić information content (AvgIpc) is 3.44. The third kappa shape index (κ3) is 7.08. The molecule has 2 heterocycles. The molecule has 0 radical (unpaired) electrons. The first-order valence-electron chi connectivity index (χ1n) is 13.5.